The van der Waals surface area contributed by atoms with E-state index in [9.17, 15) is 0 Å². The van der Waals surface area contributed by atoms with E-state index in [1.807, 2.05) is 0 Å². The average molecular weight is 200 g/mol. The number of rotatable bonds is 4. The standard InChI is InChI=1S/C11H24N2O/c1-8(9(2)14-3)13-11-6-4-10(12)5-7-11/h8-11,13H,4-7,12H2,1-3H3. The van der Waals surface area contributed by atoms with Gasteiger partial charge in [0.15, 0.2) is 0 Å². The largest absolute Gasteiger partial charge is 0.380 e. The lowest BCUT2D eigenvalue weighted by molar-refractivity contribution is 0.0816. The first kappa shape index (κ1) is 12.0. The minimum absolute atomic E-state index is 0.283. The van der Waals surface area contributed by atoms with E-state index in [2.05, 4.69) is 19.2 Å². The van der Waals surface area contributed by atoms with E-state index in [-0.39, 0.29) is 6.10 Å². The maximum Gasteiger partial charge on any atom is 0.0693 e. The minimum atomic E-state index is 0.283. The molecule has 0 radical (unpaired) electrons. The molecular weight excluding hydrogens is 176 g/mol. The second-order valence-electron chi connectivity index (χ2n) is 4.51. The van der Waals surface area contributed by atoms with E-state index in [1.54, 1.807) is 7.11 Å². The van der Waals surface area contributed by atoms with Gasteiger partial charge in [0.2, 0.25) is 0 Å². The normalized spacial score (nSPS) is 32.6. The first-order valence-electron chi connectivity index (χ1n) is 5.68. The van der Waals surface area contributed by atoms with Gasteiger partial charge in [-0.05, 0) is 39.5 Å². The van der Waals surface area contributed by atoms with Crippen molar-refractivity contribution in [2.75, 3.05) is 7.11 Å². The van der Waals surface area contributed by atoms with Crippen LogP contribution >= 0.6 is 0 Å². The summed E-state index contributed by atoms with van der Waals surface area (Å²) in [5.74, 6) is 0. The maximum atomic E-state index is 5.86. The van der Waals surface area contributed by atoms with Crippen LogP contribution in [0.2, 0.25) is 0 Å². The van der Waals surface area contributed by atoms with E-state index in [4.69, 9.17) is 10.5 Å². The monoisotopic (exact) mass is 200 g/mol. The smallest absolute Gasteiger partial charge is 0.0693 e. The second kappa shape index (κ2) is 5.69. The van der Waals surface area contributed by atoms with Gasteiger partial charge in [-0.15, -0.1) is 0 Å². The maximum absolute atomic E-state index is 5.86. The summed E-state index contributed by atoms with van der Waals surface area (Å²) in [7, 11) is 1.76. The molecule has 0 aromatic heterocycles. The topological polar surface area (TPSA) is 47.3 Å². The van der Waals surface area contributed by atoms with Crippen LogP contribution < -0.4 is 11.1 Å². The zero-order valence-corrected chi connectivity index (χ0v) is 9.62. The number of nitrogens with one attached hydrogen (secondary N) is 1. The van der Waals surface area contributed by atoms with Crippen molar-refractivity contribution in [2.24, 2.45) is 5.73 Å². The van der Waals surface area contributed by atoms with Gasteiger partial charge in [-0.1, -0.05) is 0 Å². The van der Waals surface area contributed by atoms with Crippen LogP contribution in [0.5, 0.6) is 0 Å². The number of hydrogen-bond acceptors (Lipinski definition) is 3. The molecule has 0 bridgehead atoms. The summed E-state index contributed by atoms with van der Waals surface area (Å²) in [6, 6.07) is 1.50. The highest BCUT2D eigenvalue weighted by atomic mass is 16.5. The molecule has 1 aliphatic rings. The summed E-state index contributed by atoms with van der Waals surface area (Å²) in [4.78, 5) is 0. The Morgan fingerprint density at radius 3 is 2.29 bits per heavy atom. The van der Waals surface area contributed by atoms with Crippen molar-refractivity contribution in [1.82, 2.24) is 5.32 Å². The van der Waals surface area contributed by atoms with Crippen LogP contribution in [-0.2, 0) is 4.74 Å². The van der Waals surface area contributed by atoms with E-state index in [1.165, 1.54) is 12.8 Å². The zero-order chi connectivity index (χ0) is 10.6. The van der Waals surface area contributed by atoms with Crippen LogP contribution in [0.3, 0.4) is 0 Å². The second-order valence-corrected chi connectivity index (χ2v) is 4.51. The fourth-order valence-corrected chi connectivity index (χ4v) is 2.00. The van der Waals surface area contributed by atoms with E-state index >= 15 is 0 Å². The molecular formula is C11H24N2O. The molecule has 0 saturated heterocycles. The lowest BCUT2D eigenvalue weighted by Crippen LogP contribution is -2.46. The molecule has 3 N–H and O–H groups in total. The van der Waals surface area contributed by atoms with E-state index in [0.29, 0.717) is 18.1 Å². The number of ether oxygens (including phenoxy) is 1. The van der Waals surface area contributed by atoms with Gasteiger partial charge in [0.25, 0.3) is 0 Å². The molecule has 1 aliphatic carbocycles. The van der Waals surface area contributed by atoms with Gasteiger partial charge in [0, 0.05) is 25.2 Å². The molecule has 14 heavy (non-hydrogen) atoms. The Hall–Kier alpha value is -0.120. The molecule has 1 fully saturated rings. The summed E-state index contributed by atoms with van der Waals surface area (Å²) in [6.45, 7) is 4.29. The molecule has 0 aliphatic heterocycles. The lowest BCUT2D eigenvalue weighted by atomic mass is 9.91. The van der Waals surface area contributed by atoms with Crippen LogP contribution in [0.4, 0.5) is 0 Å². The third kappa shape index (κ3) is 3.56. The average Bonchev–Trinajstić information content (AvgIpc) is 2.20. The molecule has 1 saturated carbocycles. The Balaban J connectivity index is 2.23. The van der Waals surface area contributed by atoms with Crippen molar-refractivity contribution < 1.29 is 4.74 Å². The highest BCUT2D eigenvalue weighted by Gasteiger charge is 2.21. The summed E-state index contributed by atoms with van der Waals surface area (Å²) in [5, 5.41) is 3.61. The Labute approximate surface area is 87.4 Å². The highest BCUT2D eigenvalue weighted by Crippen LogP contribution is 2.17. The summed E-state index contributed by atoms with van der Waals surface area (Å²) in [5.41, 5.74) is 5.86. The van der Waals surface area contributed by atoms with E-state index < -0.39 is 0 Å². The van der Waals surface area contributed by atoms with Crippen molar-refractivity contribution in [3.63, 3.8) is 0 Å². The molecule has 0 aromatic carbocycles. The fourth-order valence-electron chi connectivity index (χ4n) is 2.00. The molecule has 3 heteroatoms. The molecule has 2 unspecified atom stereocenters. The van der Waals surface area contributed by atoms with Crippen molar-refractivity contribution in [1.29, 1.82) is 0 Å². The van der Waals surface area contributed by atoms with Gasteiger partial charge in [-0.3, -0.25) is 0 Å². The molecule has 0 aromatic rings. The summed E-state index contributed by atoms with van der Waals surface area (Å²) in [6.07, 6.45) is 5.02. The third-order valence-electron chi connectivity index (χ3n) is 3.35. The third-order valence-corrected chi connectivity index (χ3v) is 3.35. The van der Waals surface area contributed by atoms with E-state index in [0.717, 1.165) is 12.8 Å². The Kier molecular flexibility index (Phi) is 4.85. The van der Waals surface area contributed by atoms with Gasteiger partial charge in [-0.2, -0.15) is 0 Å². The number of nitrogens with two attached hydrogens (primary N) is 1. The Morgan fingerprint density at radius 2 is 1.79 bits per heavy atom. The van der Waals surface area contributed by atoms with Crippen LogP contribution in [0.15, 0.2) is 0 Å². The quantitative estimate of drug-likeness (QED) is 0.718. The summed E-state index contributed by atoms with van der Waals surface area (Å²) >= 11 is 0. The van der Waals surface area contributed by atoms with Gasteiger partial charge in [-0.25, -0.2) is 0 Å². The molecule has 3 nitrogen and oxygen atoms in total. The molecule has 2 atom stereocenters. The lowest BCUT2D eigenvalue weighted by Gasteiger charge is -2.31. The highest BCUT2D eigenvalue weighted by molar-refractivity contribution is 4.82. The molecule has 0 heterocycles. The first-order valence-corrected chi connectivity index (χ1v) is 5.68. The van der Waals surface area contributed by atoms with Gasteiger partial charge in [0.1, 0.15) is 0 Å². The predicted molar refractivity (Wildman–Crippen MR) is 59.3 cm³/mol. The van der Waals surface area contributed by atoms with Crippen LogP contribution in [0.25, 0.3) is 0 Å². The predicted octanol–water partition coefficient (Wildman–Crippen LogP) is 1.27. The Morgan fingerprint density at radius 1 is 1.21 bits per heavy atom. The minimum Gasteiger partial charge on any atom is -0.380 e. The molecule has 0 amide bonds. The number of methoxy groups -OCH3 is 1. The molecule has 0 spiro atoms. The van der Waals surface area contributed by atoms with Crippen LogP contribution in [0, 0.1) is 0 Å². The fraction of sp³-hybridized carbons (Fsp3) is 1.00. The van der Waals surface area contributed by atoms with Crippen LogP contribution in [0.1, 0.15) is 39.5 Å². The summed E-state index contributed by atoms with van der Waals surface area (Å²) < 4.78 is 5.29. The van der Waals surface area contributed by atoms with Crippen molar-refractivity contribution >= 4 is 0 Å². The van der Waals surface area contributed by atoms with Crippen molar-refractivity contribution in [3.05, 3.63) is 0 Å². The molecule has 1 rings (SSSR count). The Bertz CT molecular complexity index is 155. The van der Waals surface area contributed by atoms with Gasteiger partial charge in [0.05, 0.1) is 6.10 Å². The SMILES string of the molecule is COC(C)C(C)NC1CCC(N)CC1. The molecule has 84 valence electrons. The van der Waals surface area contributed by atoms with Gasteiger partial charge < -0.3 is 15.8 Å². The van der Waals surface area contributed by atoms with Crippen molar-refractivity contribution in [2.45, 2.75) is 63.8 Å². The van der Waals surface area contributed by atoms with Gasteiger partial charge >= 0.3 is 0 Å². The van der Waals surface area contributed by atoms with Crippen molar-refractivity contribution in [3.8, 4) is 0 Å². The zero-order valence-electron chi connectivity index (χ0n) is 9.62. The van der Waals surface area contributed by atoms with Crippen LogP contribution in [-0.4, -0.2) is 31.3 Å². The first-order chi connectivity index (χ1) is 6.63. The number of hydrogen-bond donors (Lipinski definition) is 2.